The van der Waals surface area contributed by atoms with Crippen molar-refractivity contribution < 1.29 is 4.79 Å². The fourth-order valence-electron chi connectivity index (χ4n) is 3.25. The van der Waals surface area contributed by atoms with E-state index in [0.29, 0.717) is 17.4 Å². The number of aromatic nitrogens is 2. The minimum atomic E-state index is -0.586. The van der Waals surface area contributed by atoms with Crippen molar-refractivity contribution in [2.45, 2.75) is 37.8 Å². The number of nitrogens with one attached hydrogen (secondary N) is 2. The van der Waals surface area contributed by atoms with Gasteiger partial charge in [-0.1, -0.05) is 25.0 Å². The fraction of sp³-hybridized carbons (Fsp3) is 0.438. The number of H-pyrrole nitrogens is 1. The van der Waals surface area contributed by atoms with Crippen LogP contribution >= 0.6 is 0 Å². The Morgan fingerprint density at radius 2 is 1.96 bits per heavy atom. The largest absolute Gasteiger partial charge is 0.348 e. The number of nitrogens with zero attached hydrogens (tertiary/aromatic N) is 1. The average molecular weight is 316 g/mol. The molecule has 122 valence electrons. The topological polar surface area (TPSA) is 110 Å². The number of nitrogens with two attached hydrogens (primary N) is 1. The van der Waals surface area contributed by atoms with E-state index < -0.39 is 16.8 Å². The van der Waals surface area contributed by atoms with Crippen LogP contribution in [0.15, 0.2) is 33.9 Å². The molecule has 2 aromatic rings. The van der Waals surface area contributed by atoms with Crippen molar-refractivity contribution in [2.75, 3.05) is 6.54 Å². The number of aromatic amines is 1. The van der Waals surface area contributed by atoms with Gasteiger partial charge in [0.05, 0.1) is 16.4 Å². The van der Waals surface area contributed by atoms with Crippen molar-refractivity contribution in [3.05, 3.63) is 45.1 Å². The minimum Gasteiger partial charge on any atom is -0.348 e. The molecule has 0 aliphatic heterocycles. The number of para-hydroxylation sites is 1. The lowest BCUT2D eigenvalue weighted by molar-refractivity contribution is -0.123. The molecule has 7 nitrogen and oxygen atoms in total. The third-order valence-electron chi connectivity index (χ3n) is 4.55. The number of rotatable bonds is 4. The normalized spacial score (nSPS) is 16.6. The number of hydrogen-bond acceptors (Lipinski definition) is 4. The Balaban J connectivity index is 1.88. The van der Waals surface area contributed by atoms with Crippen molar-refractivity contribution in [3.8, 4) is 0 Å². The lowest BCUT2D eigenvalue weighted by Gasteiger charge is -2.28. The minimum absolute atomic E-state index is 0.305. The molecule has 0 radical (unpaired) electrons. The van der Waals surface area contributed by atoms with E-state index >= 15 is 0 Å². The first-order chi connectivity index (χ1) is 11.0. The van der Waals surface area contributed by atoms with Gasteiger partial charge in [0.15, 0.2) is 0 Å². The molecule has 0 spiro atoms. The van der Waals surface area contributed by atoms with Gasteiger partial charge in [0, 0.05) is 6.54 Å². The summed E-state index contributed by atoms with van der Waals surface area (Å²) in [5.74, 6) is -0.361. The van der Waals surface area contributed by atoms with Gasteiger partial charge in [0.25, 0.3) is 5.56 Å². The Morgan fingerprint density at radius 1 is 1.26 bits per heavy atom. The van der Waals surface area contributed by atoms with Gasteiger partial charge in [-0.3, -0.25) is 14.2 Å². The van der Waals surface area contributed by atoms with Gasteiger partial charge in [-0.2, -0.15) is 0 Å². The van der Waals surface area contributed by atoms with Gasteiger partial charge >= 0.3 is 5.69 Å². The van der Waals surface area contributed by atoms with Crippen molar-refractivity contribution in [2.24, 2.45) is 5.73 Å². The zero-order chi connectivity index (χ0) is 16.4. The van der Waals surface area contributed by atoms with Crippen LogP contribution in [-0.4, -0.2) is 27.5 Å². The van der Waals surface area contributed by atoms with Gasteiger partial charge < -0.3 is 16.0 Å². The predicted octanol–water partition coefficient (Wildman–Crippen LogP) is 0.0775. The highest BCUT2D eigenvalue weighted by Gasteiger charge is 2.33. The summed E-state index contributed by atoms with van der Waals surface area (Å²) >= 11 is 0. The first-order valence-electron chi connectivity index (χ1n) is 7.78. The third-order valence-corrected chi connectivity index (χ3v) is 4.55. The number of hydrogen-bond donors (Lipinski definition) is 3. The molecule has 1 aliphatic rings. The predicted molar refractivity (Wildman–Crippen MR) is 87.2 cm³/mol. The number of carbonyl (C=O) groups excluding carboxylic acids is 1. The molecule has 1 aromatic heterocycles. The smallest absolute Gasteiger partial charge is 0.329 e. The Morgan fingerprint density at radius 3 is 2.65 bits per heavy atom. The number of benzene rings is 1. The Bertz CT molecular complexity index is 846. The quantitative estimate of drug-likeness (QED) is 0.742. The van der Waals surface area contributed by atoms with E-state index in [1.54, 1.807) is 24.3 Å². The van der Waals surface area contributed by atoms with Gasteiger partial charge in [-0.25, -0.2) is 4.79 Å². The van der Waals surface area contributed by atoms with Crippen LogP contribution in [0.2, 0.25) is 0 Å². The molecule has 7 heteroatoms. The molecule has 1 aliphatic carbocycles. The Hall–Kier alpha value is -2.41. The van der Waals surface area contributed by atoms with Gasteiger partial charge in [0.1, 0.15) is 6.54 Å². The highest BCUT2D eigenvalue weighted by atomic mass is 16.2. The van der Waals surface area contributed by atoms with Crippen LogP contribution in [0, 0.1) is 0 Å². The second-order valence-corrected chi connectivity index (χ2v) is 6.11. The lowest BCUT2D eigenvalue weighted by atomic mass is 9.98. The summed E-state index contributed by atoms with van der Waals surface area (Å²) in [6, 6.07) is 6.74. The molecule has 3 rings (SSSR count). The van der Waals surface area contributed by atoms with Crippen LogP contribution in [0.25, 0.3) is 10.9 Å². The molecule has 1 amide bonds. The summed E-state index contributed by atoms with van der Waals surface area (Å²) in [6.45, 7) is 0.0580. The van der Waals surface area contributed by atoms with Crippen LogP contribution in [0.3, 0.4) is 0 Å². The monoisotopic (exact) mass is 316 g/mol. The summed E-state index contributed by atoms with van der Waals surface area (Å²) in [6.07, 6.45) is 3.71. The average Bonchev–Trinajstić information content (AvgIpc) is 3.00. The maximum absolute atomic E-state index is 12.4. The van der Waals surface area contributed by atoms with E-state index in [0.717, 1.165) is 30.3 Å². The molecule has 0 bridgehead atoms. The summed E-state index contributed by atoms with van der Waals surface area (Å²) in [5.41, 5.74) is 4.81. The summed E-state index contributed by atoms with van der Waals surface area (Å²) < 4.78 is 0.927. The molecule has 4 N–H and O–H groups in total. The van der Waals surface area contributed by atoms with Gasteiger partial charge in [0.2, 0.25) is 5.91 Å². The molecule has 0 saturated heterocycles. The number of amides is 1. The third kappa shape index (κ3) is 2.92. The highest BCUT2D eigenvalue weighted by molar-refractivity contribution is 5.79. The maximum atomic E-state index is 12.4. The van der Waals surface area contributed by atoms with E-state index in [2.05, 4.69) is 10.3 Å². The van der Waals surface area contributed by atoms with Crippen LogP contribution in [0.5, 0.6) is 0 Å². The molecule has 1 fully saturated rings. The fourth-order valence-corrected chi connectivity index (χ4v) is 3.25. The van der Waals surface area contributed by atoms with Crippen molar-refractivity contribution in [1.82, 2.24) is 14.9 Å². The van der Waals surface area contributed by atoms with Crippen molar-refractivity contribution >= 4 is 16.8 Å². The highest BCUT2D eigenvalue weighted by Crippen LogP contribution is 2.28. The second kappa shape index (κ2) is 6.00. The van der Waals surface area contributed by atoms with Crippen molar-refractivity contribution in [1.29, 1.82) is 0 Å². The van der Waals surface area contributed by atoms with Gasteiger partial charge in [-0.05, 0) is 25.0 Å². The van der Waals surface area contributed by atoms with E-state index in [1.165, 1.54) is 0 Å². The molecule has 0 unspecified atom stereocenters. The molecule has 1 saturated carbocycles. The van der Waals surface area contributed by atoms with E-state index in [1.807, 2.05) is 0 Å². The standard InChI is InChI=1S/C16H20N4O3/c17-10-16(7-3-4-8-16)19-13(21)9-20-14(22)11-5-1-2-6-12(11)18-15(20)23/h1-2,5-6H,3-4,7-10,17H2,(H,18,23)(H,19,21). The van der Waals surface area contributed by atoms with Crippen LogP contribution in [0.1, 0.15) is 25.7 Å². The maximum Gasteiger partial charge on any atom is 0.329 e. The van der Waals surface area contributed by atoms with Crippen LogP contribution in [0.4, 0.5) is 0 Å². The SMILES string of the molecule is NCC1(NC(=O)Cn2c(=O)[nH]c3ccccc3c2=O)CCCC1. The molecular formula is C16H20N4O3. The van der Waals surface area contributed by atoms with E-state index in [-0.39, 0.29) is 12.5 Å². The Labute approximate surface area is 132 Å². The van der Waals surface area contributed by atoms with Gasteiger partial charge in [-0.15, -0.1) is 0 Å². The lowest BCUT2D eigenvalue weighted by Crippen LogP contribution is -2.53. The molecular weight excluding hydrogens is 296 g/mol. The summed E-state index contributed by atoms with van der Waals surface area (Å²) in [4.78, 5) is 39.4. The van der Waals surface area contributed by atoms with Crippen molar-refractivity contribution in [3.63, 3.8) is 0 Å². The molecule has 1 aromatic carbocycles. The number of carbonyl (C=O) groups is 1. The summed E-state index contributed by atoms with van der Waals surface area (Å²) in [5, 5.41) is 3.30. The van der Waals surface area contributed by atoms with Crippen LogP contribution < -0.4 is 22.3 Å². The zero-order valence-electron chi connectivity index (χ0n) is 12.8. The molecule has 0 atom stereocenters. The first-order valence-corrected chi connectivity index (χ1v) is 7.78. The van der Waals surface area contributed by atoms with E-state index in [4.69, 9.17) is 5.73 Å². The second-order valence-electron chi connectivity index (χ2n) is 6.11. The zero-order valence-corrected chi connectivity index (χ0v) is 12.8. The van der Waals surface area contributed by atoms with Crippen LogP contribution in [-0.2, 0) is 11.3 Å². The molecule has 23 heavy (non-hydrogen) atoms. The number of fused-ring (bicyclic) bond motifs is 1. The summed E-state index contributed by atoms with van der Waals surface area (Å²) in [7, 11) is 0. The Kier molecular flexibility index (Phi) is 4.04. The molecule has 1 heterocycles. The first kappa shape index (κ1) is 15.5. The van der Waals surface area contributed by atoms with E-state index in [9.17, 15) is 14.4 Å².